The number of hydrogen-bond donors (Lipinski definition) is 2. The minimum Gasteiger partial charge on any atom is -0.480 e. The fraction of sp³-hybridized carbons (Fsp3) is 0.526. The van der Waals surface area contributed by atoms with Gasteiger partial charge < -0.3 is 15.3 Å². The summed E-state index contributed by atoms with van der Waals surface area (Å²) in [5.74, 6) is -1.13. The largest absolute Gasteiger partial charge is 0.480 e. The monoisotopic (exact) mass is 392 g/mol. The van der Waals surface area contributed by atoms with Crippen molar-refractivity contribution in [2.24, 2.45) is 0 Å². The molecule has 2 heterocycles. The molecule has 2 fully saturated rings. The lowest BCUT2D eigenvalue weighted by molar-refractivity contribution is -0.165. The van der Waals surface area contributed by atoms with Crippen molar-refractivity contribution in [2.45, 2.75) is 61.7 Å². The fourth-order valence-electron chi connectivity index (χ4n) is 3.94. The first-order valence-electron chi connectivity index (χ1n) is 8.74. The van der Waals surface area contributed by atoms with E-state index < -0.39 is 22.3 Å². The molecule has 0 radical (unpaired) electrons. The Labute approximate surface area is 163 Å². The molecule has 0 aliphatic carbocycles. The minimum atomic E-state index is -0.960. The molecule has 1 aromatic carbocycles. The van der Waals surface area contributed by atoms with Crippen LogP contribution in [0.2, 0.25) is 0 Å². The van der Waals surface area contributed by atoms with Crippen molar-refractivity contribution >= 4 is 40.8 Å². The number of fused-ring (bicyclic) bond motifs is 1. The Bertz CT molecular complexity index is 752. The number of rotatable bonds is 5. The van der Waals surface area contributed by atoms with Crippen LogP contribution in [0.15, 0.2) is 30.3 Å². The number of carboxylic acid groups (broad SMARTS) is 1. The van der Waals surface area contributed by atoms with Crippen molar-refractivity contribution in [2.75, 3.05) is 0 Å². The molecule has 2 saturated heterocycles. The molecular formula is C19H24N2O3S2. The molecule has 140 valence electrons. The molecule has 3 rings (SSSR count). The van der Waals surface area contributed by atoms with Gasteiger partial charge in [-0.25, -0.2) is 4.79 Å². The van der Waals surface area contributed by atoms with Crippen LogP contribution < -0.4 is 5.32 Å². The Morgan fingerprint density at radius 2 is 1.96 bits per heavy atom. The van der Waals surface area contributed by atoms with E-state index >= 15 is 0 Å². The molecule has 4 atom stereocenters. The molecule has 1 aromatic rings. The van der Waals surface area contributed by atoms with E-state index in [9.17, 15) is 14.7 Å². The Hall–Kier alpha value is -1.60. The number of nitrogens with zero attached hydrogens (tertiary/aromatic N) is 1. The molecule has 0 aromatic heterocycles. The second kappa shape index (κ2) is 6.53. The summed E-state index contributed by atoms with van der Waals surface area (Å²) in [4.78, 5) is 26.7. The van der Waals surface area contributed by atoms with Crippen LogP contribution >= 0.6 is 24.0 Å². The van der Waals surface area contributed by atoms with E-state index in [2.05, 4.69) is 12.2 Å². The van der Waals surface area contributed by atoms with Crippen molar-refractivity contribution < 1.29 is 14.7 Å². The second-order valence-corrected chi connectivity index (χ2v) is 9.76. The van der Waals surface area contributed by atoms with Crippen molar-refractivity contribution in [3.63, 3.8) is 0 Å². The number of carbonyl (C=O) groups is 2. The van der Waals surface area contributed by atoms with Crippen LogP contribution in [-0.2, 0) is 9.59 Å². The number of nitrogens with one attached hydrogen (secondary N) is 1. The molecule has 26 heavy (non-hydrogen) atoms. The van der Waals surface area contributed by atoms with Crippen molar-refractivity contribution in [1.82, 2.24) is 10.2 Å². The normalized spacial score (nSPS) is 30.3. The van der Waals surface area contributed by atoms with Gasteiger partial charge in [-0.05, 0) is 32.8 Å². The lowest BCUT2D eigenvalue weighted by Gasteiger charge is -2.52. The zero-order valence-corrected chi connectivity index (χ0v) is 17.0. The number of carboxylic acids is 1. The summed E-state index contributed by atoms with van der Waals surface area (Å²) in [6.07, 6.45) is 0.824. The maximum absolute atomic E-state index is 12.9. The Kier molecular flexibility index (Phi) is 4.82. The maximum atomic E-state index is 12.9. The molecule has 0 saturated carbocycles. The molecule has 0 spiro atoms. The van der Waals surface area contributed by atoms with E-state index in [-0.39, 0.29) is 17.2 Å². The molecule has 5 nitrogen and oxygen atoms in total. The number of hydrogen-bond acceptors (Lipinski definition) is 4. The number of thioether (sulfide) groups is 1. The maximum Gasteiger partial charge on any atom is 0.327 e. The van der Waals surface area contributed by atoms with Gasteiger partial charge in [0.15, 0.2) is 0 Å². The Morgan fingerprint density at radius 1 is 1.35 bits per heavy atom. The number of benzene rings is 1. The highest BCUT2D eigenvalue weighted by Gasteiger charge is 2.69. The third kappa shape index (κ3) is 2.81. The number of thiocarbonyl (C=S) groups is 1. The topological polar surface area (TPSA) is 69.6 Å². The first-order valence-corrected chi connectivity index (χ1v) is 10.0. The van der Waals surface area contributed by atoms with Gasteiger partial charge in [0.2, 0.25) is 0 Å². The third-order valence-electron chi connectivity index (χ3n) is 5.32. The van der Waals surface area contributed by atoms with Gasteiger partial charge >= 0.3 is 5.97 Å². The predicted octanol–water partition coefficient (Wildman–Crippen LogP) is 3.00. The summed E-state index contributed by atoms with van der Waals surface area (Å²) in [5, 5.41) is 12.6. The minimum absolute atomic E-state index is 0.0274. The van der Waals surface area contributed by atoms with Gasteiger partial charge in [0.1, 0.15) is 17.0 Å². The lowest BCUT2D eigenvalue weighted by atomic mass is 9.85. The lowest BCUT2D eigenvalue weighted by Crippen LogP contribution is -2.78. The van der Waals surface area contributed by atoms with Crippen LogP contribution in [0.4, 0.5) is 0 Å². The zero-order chi connectivity index (χ0) is 19.3. The molecule has 0 bridgehead atoms. The van der Waals surface area contributed by atoms with Crippen LogP contribution in [0.25, 0.3) is 0 Å². The van der Waals surface area contributed by atoms with Crippen LogP contribution in [0.5, 0.6) is 0 Å². The number of β-lactam (4-membered cyclic amide) rings is 1. The van der Waals surface area contributed by atoms with E-state index in [1.54, 1.807) is 0 Å². The van der Waals surface area contributed by atoms with Gasteiger partial charge in [-0.2, -0.15) is 0 Å². The molecule has 2 N–H and O–H groups in total. The summed E-state index contributed by atoms with van der Waals surface area (Å²) in [6.45, 7) is 7.64. The number of amides is 1. The SMILES string of the molecule is CCC(C(=S)N[C@@]1(C)C(=O)N2[C@@H](C(=O)O)C(C)(C)S[C@@H]21)c1ccccc1. The zero-order valence-electron chi connectivity index (χ0n) is 15.4. The molecule has 1 amide bonds. The van der Waals surface area contributed by atoms with E-state index in [0.717, 1.165) is 12.0 Å². The number of carbonyl (C=O) groups excluding carboxylic acids is 1. The average molecular weight is 393 g/mol. The number of aliphatic carboxylic acids is 1. The average Bonchev–Trinajstić information content (AvgIpc) is 2.86. The van der Waals surface area contributed by atoms with Gasteiger partial charge in [-0.15, -0.1) is 11.8 Å². The summed E-state index contributed by atoms with van der Waals surface area (Å²) in [5.41, 5.74) is 0.244. The van der Waals surface area contributed by atoms with Gasteiger partial charge in [0.25, 0.3) is 5.91 Å². The quantitative estimate of drug-likeness (QED) is 0.593. The molecule has 1 unspecified atom stereocenters. The van der Waals surface area contributed by atoms with E-state index in [1.165, 1.54) is 16.7 Å². The molecule has 2 aliphatic rings. The third-order valence-corrected chi connectivity index (χ3v) is 7.46. The van der Waals surface area contributed by atoms with Crippen LogP contribution in [0, 0.1) is 0 Å². The van der Waals surface area contributed by atoms with Gasteiger partial charge in [-0.1, -0.05) is 49.5 Å². The fourth-order valence-corrected chi connectivity index (χ4v) is 6.10. The van der Waals surface area contributed by atoms with Crippen LogP contribution in [0.1, 0.15) is 45.6 Å². The van der Waals surface area contributed by atoms with E-state index in [1.807, 2.05) is 51.1 Å². The molecule has 2 aliphatic heterocycles. The first kappa shape index (κ1) is 19.2. The van der Waals surface area contributed by atoms with Gasteiger partial charge in [0, 0.05) is 10.7 Å². The first-order chi connectivity index (χ1) is 12.1. The van der Waals surface area contributed by atoms with Crippen LogP contribution in [-0.4, -0.2) is 48.6 Å². The summed E-state index contributed by atoms with van der Waals surface area (Å²) < 4.78 is -0.545. The smallest absolute Gasteiger partial charge is 0.327 e. The van der Waals surface area contributed by atoms with E-state index in [4.69, 9.17) is 12.2 Å². The van der Waals surface area contributed by atoms with Crippen molar-refractivity contribution in [3.8, 4) is 0 Å². The molecular weight excluding hydrogens is 368 g/mol. The Morgan fingerprint density at radius 3 is 2.50 bits per heavy atom. The summed E-state index contributed by atoms with van der Waals surface area (Å²) in [7, 11) is 0. The molecule has 7 heteroatoms. The standard InChI is InChI=1S/C19H24N2O3S2/c1-5-12(11-9-7-6-8-10-11)14(25)20-19(4)16(24)21-13(15(22)23)18(2,3)26-17(19)21/h6-10,12-13,17H,5H2,1-4H3,(H,20,25)(H,22,23)/t12?,13-,17+,19-/m0/s1. The Balaban J connectivity index is 1.81. The predicted molar refractivity (Wildman–Crippen MR) is 107 cm³/mol. The second-order valence-electron chi connectivity index (χ2n) is 7.59. The van der Waals surface area contributed by atoms with Crippen molar-refractivity contribution in [3.05, 3.63) is 35.9 Å². The highest BCUT2D eigenvalue weighted by molar-refractivity contribution is 8.01. The van der Waals surface area contributed by atoms with Crippen molar-refractivity contribution in [1.29, 1.82) is 0 Å². The summed E-state index contributed by atoms with van der Waals surface area (Å²) >= 11 is 7.17. The van der Waals surface area contributed by atoms with Crippen LogP contribution in [0.3, 0.4) is 0 Å². The summed E-state index contributed by atoms with van der Waals surface area (Å²) in [6, 6.07) is 9.17. The highest BCUT2D eigenvalue weighted by Crippen LogP contribution is 2.54. The van der Waals surface area contributed by atoms with Gasteiger partial charge in [-0.3, -0.25) is 4.79 Å². The van der Waals surface area contributed by atoms with Gasteiger partial charge in [0.05, 0.1) is 4.99 Å². The highest BCUT2D eigenvalue weighted by atomic mass is 32.2. The van der Waals surface area contributed by atoms with E-state index in [0.29, 0.717) is 4.99 Å².